The van der Waals surface area contributed by atoms with Gasteiger partial charge in [0.05, 0.1) is 12.3 Å². The molecule has 4 nitrogen and oxygen atoms in total. The summed E-state index contributed by atoms with van der Waals surface area (Å²) in [7, 11) is 0. The van der Waals surface area contributed by atoms with Crippen LogP contribution in [-0.2, 0) is 10.2 Å². The molecule has 0 saturated heterocycles. The van der Waals surface area contributed by atoms with E-state index in [0.29, 0.717) is 24.6 Å². The van der Waals surface area contributed by atoms with Crippen LogP contribution >= 0.6 is 11.3 Å². The number of nitrogens with one attached hydrogen (secondary N) is 1. The van der Waals surface area contributed by atoms with Gasteiger partial charge in [-0.05, 0) is 42.9 Å². The Balaban J connectivity index is 1.42. The summed E-state index contributed by atoms with van der Waals surface area (Å²) < 4.78 is 5.79. The van der Waals surface area contributed by atoms with Crippen LogP contribution in [0.15, 0.2) is 53.9 Å². The fraction of sp³-hybridized carbons (Fsp3) is 0.360. The Morgan fingerprint density at radius 2 is 1.80 bits per heavy atom. The molecule has 3 rings (SSSR count). The van der Waals surface area contributed by atoms with E-state index in [2.05, 4.69) is 62.3 Å². The molecule has 30 heavy (non-hydrogen) atoms. The minimum absolute atomic E-state index is 0.0385. The zero-order chi connectivity index (χ0) is 21.6. The van der Waals surface area contributed by atoms with E-state index in [1.54, 1.807) is 0 Å². The van der Waals surface area contributed by atoms with Gasteiger partial charge in [-0.3, -0.25) is 4.79 Å². The molecule has 1 heterocycles. The molecule has 0 atom stereocenters. The van der Waals surface area contributed by atoms with Crippen molar-refractivity contribution in [3.8, 4) is 17.0 Å². The number of nitrogens with zero attached hydrogens (tertiary/aromatic N) is 1. The Hall–Kier alpha value is -2.66. The third-order valence-corrected chi connectivity index (χ3v) is 6.19. The second-order valence-electron chi connectivity index (χ2n) is 8.17. The molecule has 0 unspecified atom stereocenters. The molecule has 2 aromatic carbocycles. The smallest absolute Gasteiger partial charge is 0.226 e. The minimum atomic E-state index is -0.0385. The van der Waals surface area contributed by atoms with Crippen molar-refractivity contribution in [2.75, 3.05) is 11.9 Å². The molecule has 5 heteroatoms. The van der Waals surface area contributed by atoms with Crippen LogP contribution in [0, 0.1) is 6.92 Å². The fourth-order valence-corrected chi connectivity index (χ4v) is 3.73. The summed E-state index contributed by atoms with van der Waals surface area (Å²) in [6, 6.07) is 16.5. The van der Waals surface area contributed by atoms with Crippen molar-refractivity contribution in [3.63, 3.8) is 0 Å². The molecule has 1 N–H and O–H groups in total. The quantitative estimate of drug-likeness (QED) is 0.395. The first kappa shape index (κ1) is 22.0. The highest BCUT2D eigenvalue weighted by Crippen LogP contribution is 2.28. The fourth-order valence-electron chi connectivity index (χ4n) is 3.00. The minimum Gasteiger partial charge on any atom is -0.494 e. The van der Waals surface area contributed by atoms with Gasteiger partial charge in [0, 0.05) is 17.4 Å². The van der Waals surface area contributed by atoms with Gasteiger partial charge < -0.3 is 10.1 Å². The lowest BCUT2D eigenvalue weighted by Gasteiger charge is -2.23. The zero-order valence-corrected chi connectivity index (χ0v) is 19.0. The molecule has 1 aromatic heterocycles. The highest BCUT2D eigenvalue weighted by molar-refractivity contribution is 7.14. The van der Waals surface area contributed by atoms with E-state index < -0.39 is 0 Å². The lowest BCUT2D eigenvalue weighted by atomic mass is 9.82. The third kappa shape index (κ3) is 5.92. The molecule has 0 saturated carbocycles. The van der Waals surface area contributed by atoms with Crippen LogP contribution in [-0.4, -0.2) is 17.5 Å². The predicted octanol–water partition coefficient (Wildman–Crippen LogP) is 6.60. The molecule has 0 bridgehead atoms. The first-order valence-electron chi connectivity index (χ1n) is 10.4. The van der Waals surface area contributed by atoms with Crippen molar-refractivity contribution in [2.45, 2.75) is 52.4 Å². The number of hydrogen-bond donors (Lipinski definition) is 1. The van der Waals surface area contributed by atoms with Gasteiger partial charge >= 0.3 is 0 Å². The van der Waals surface area contributed by atoms with Crippen LogP contribution < -0.4 is 10.1 Å². The summed E-state index contributed by atoms with van der Waals surface area (Å²) >= 11 is 1.44. The van der Waals surface area contributed by atoms with Crippen molar-refractivity contribution in [3.05, 3.63) is 65.0 Å². The summed E-state index contributed by atoms with van der Waals surface area (Å²) in [6.45, 7) is 9.25. The van der Waals surface area contributed by atoms with E-state index in [1.807, 2.05) is 29.6 Å². The normalized spacial score (nSPS) is 11.3. The molecular formula is C25H30N2O2S. The zero-order valence-electron chi connectivity index (χ0n) is 18.2. The van der Waals surface area contributed by atoms with Crippen LogP contribution in [0.1, 0.15) is 51.2 Å². The number of rotatable bonds is 9. The summed E-state index contributed by atoms with van der Waals surface area (Å²) in [4.78, 5) is 16.7. The Bertz CT molecular complexity index is 960. The molecule has 0 radical (unpaired) electrons. The average molecular weight is 423 g/mol. The topological polar surface area (TPSA) is 51.2 Å². The number of benzene rings is 2. The molecule has 0 aliphatic heterocycles. The van der Waals surface area contributed by atoms with Crippen LogP contribution in [0.25, 0.3) is 11.3 Å². The summed E-state index contributed by atoms with van der Waals surface area (Å²) in [5.74, 6) is 0.803. The van der Waals surface area contributed by atoms with Crippen LogP contribution in [0.3, 0.4) is 0 Å². The van der Waals surface area contributed by atoms with E-state index in [0.717, 1.165) is 23.4 Å². The van der Waals surface area contributed by atoms with Crippen molar-refractivity contribution in [1.82, 2.24) is 4.98 Å². The van der Waals surface area contributed by atoms with Crippen molar-refractivity contribution >= 4 is 22.4 Å². The number of aromatic nitrogens is 1. The number of thiazole rings is 1. The number of anilines is 1. The van der Waals surface area contributed by atoms with Gasteiger partial charge in [-0.15, -0.1) is 11.3 Å². The number of ether oxygens (including phenoxy) is 1. The van der Waals surface area contributed by atoms with Crippen molar-refractivity contribution in [1.29, 1.82) is 0 Å². The van der Waals surface area contributed by atoms with Crippen molar-refractivity contribution in [2.24, 2.45) is 0 Å². The molecule has 0 aliphatic carbocycles. The first-order chi connectivity index (χ1) is 14.4. The predicted molar refractivity (Wildman–Crippen MR) is 125 cm³/mol. The molecular weight excluding hydrogens is 392 g/mol. The number of hydrogen-bond acceptors (Lipinski definition) is 4. The molecule has 3 aromatic rings. The maximum absolute atomic E-state index is 12.2. The number of amides is 1. The molecule has 158 valence electrons. The maximum Gasteiger partial charge on any atom is 0.226 e. The van der Waals surface area contributed by atoms with Crippen LogP contribution in [0.4, 0.5) is 5.13 Å². The number of carbonyl (C=O) groups is 1. The summed E-state index contributed by atoms with van der Waals surface area (Å²) in [6.07, 6.45) is 2.15. The molecule has 0 fully saturated rings. The van der Waals surface area contributed by atoms with E-state index in [-0.39, 0.29) is 11.3 Å². The summed E-state index contributed by atoms with van der Waals surface area (Å²) in [5.41, 5.74) is 4.63. The van der Waals surface area contributed by atoms with Gasteiger partial charge in [0.2, 0.25) is 5.91 Å². The summed E-state index contributed by atoms with van der Waals surface area (Å²) in [5, 5.41) is 5.48. The van der Waals surface area contributed by atoms with E-state index in [9.17, 15) is 4.79 Å². The Morgan fingerprint density at radius 3 is 2.47 bits per heavy atom. The van der Waals surface area contributed by atoms with Gasteiger partial charge in [-0.1, -0.05) is 62.7 Å². The van der Waals surface area contributed by atoms with Gasteiger partial charge in [0.1, 0.15) is 5.75 Å². The van der Waals surface area contributed by atoms with E-state index in [1.165, 1.54) is 22.5 Å². The lowest BCUT2D eigenvalue weighted by Crippen LogP contribution is -2.15. The van der Waals surface area contributed by atoms with Gasteiger partial charge in [-0.25, -0.2) is 4.98 Å². The average Bonchev–Trinajstić information content (AvgIpc) is 3.20. The second-order valence-corrected chi connectivity index (χ2v) is 9.02. The Kier molecular flexibility index (Phi) is 7.27. The number of aryl methyl sites for hydroxylation is 1. The second kappa shape index (κ2) is 9.90. The monoisotopic (exact) mass is 422 g/mol. The van der Waals surface area contributed by atoms with Gasteiger partial charge in [0.15, 0.2) is 5.13 Å². The largest absolute Gasteiger partial charge is 0.494 e. The SMILES string of the molecule is CCC(C)(C)c1ccc(OCCCC(=O)Nc2nc(-c3ccc(C)cc3)cs2)cc1. The van der Waals surface area contributed by atoms with Gasteiger partial charge in [0.25, 0.3) is 0 Å². The van der Waals surface area contributed by atoms with E-state index in [4.69, 9.17) is 4.74 Å². The van der Waals surface area contributed by atoms with Gasteiger partial charge in [-0.2, -0.15) is 0 Å². The highest BCUT2D eigenvalue weighted by Gasteiger charge is 2.17. The molecule has 0 spiro atoms. The Morgan fingerprint density at radius 1 is 1.10 bits per heavy atom. The third-order valence-electron chi connectivity index (χ3n) is 5.43. The number of carbonyl (C=O) groups excluding carboxylic acids is 1. The highest BCUT2D eigenvalue weighted by atomic mass is 32.1. The van der Waals surface area contributed by atoms with Crippen molar-refractivity contribution < 1.29 is 9.53 Å². The van der Waals surface area contributed by atoms with E-state index >= 15 is 0 Å². The first-order valence-corrected chi connectivity index (χ1v) is 11.3. The Labute approximate surface area is 183 Å². The van der Waals surface area contributed by atoms with Crippen LogP contribution in [0.2, 0.25) is 0 Å². The molecule has 1 amide bonds. The maximum atomic E-state index is 12.2. The van der Waals surface area contributed by atoms with Crippen LogP contribution in [0.5, 0.6) is 5.75 Å². The standard InChI is InChI=1S/C25H30N2O2S/c1-5-25(3,4)20-12-14-21(15-13-20)29-16-6-7-23(28)27-24-26-22(17-30-24)19-10-8-18(2)9-11-19/h8-15,17H,5-7,16H2,1-4H3,(H,26,27,28). The lowest BCUT2D eigenvalue weighted by molar-refractivity contribution is -0.116. The molecule has 0 aliphatic rings.